The molecule has 0 fully saturated rings. The molecule has 0 aliphatic carbocycles. The van der Waals surface area contributed by atoms with E-state index in [1.54, 1.807) is 18.2 Å². The Hall–Kier alpha value is -4.07. The lowest BCUT2D eigenvalue weighted by atomic mass is 10.0. The van der Waals surface area contributed by atoms with Crippen molar-refractivity contribution in [3.63, 3.8) is 0 Å². The Bertz CT molecular complexity index is 1390. The highest BCUT2D eigenvalue weighted by atomic mass is 19.4. The SMILES string of the molecule is O=C(NCCc1cccc(C(F)(F)F)c1)c1cc(-c2ccc3c(c2)OCO3)nc2ccccc12. The first-order valence-electron chi connectivity index (χ1n) is 10.6. The smallest absolute Gasteiger partial charge is 0.416 e. The number of pyridine rings is 1. The molecule has 0 bridgehead atoms. The third-order valence-electron chi connectivity index (χ3n) is 5.58. The van der Waals surface area contributed by atoms with Crippen LogP contribution >= 0.6 is 0 Å². The van der Waals surface area contributed by atoms with Crippen LogP contribution in [0.5, 0.6) is 11.5 Å². The third-order valence-corrected chi connectivity index (χ3v) is 5.58. The minimum absolute atomic E-state index is 0.156. The molecule has 5 rings (SSSR count). The van der Waals surface area contributed by atoms with E-state index in [2.05, 4.69) is 5.32 Å². The number of carbonyl (C=O) groups excluding carboxylic acids is 1. The summed E-state index contributed by atoms with van der Waals surface area (Å²) in [5, 5.41) is 3.51. The van der Waals surface area contributed by atoms with Crippen molar-refractivity contribution >= 4 is 16.8 Å². The molecular formula is C26H19F3N2O3. The van der Waals surface area contributed by atoms with Gasteiger partial charge < -0.3 is 14.8 Å². The maximum absolute atomic E-state index is 13.1. The topological polar surface area (TPSA) is 60.5 Å². The number of halogens is 3. The average Bonchev–Trinajstić information content (AvgIpc) is 3.31. The fourth-order valence-electron chi connectivity index (χ4n) is 3.89. The summed E-state index contributed by atoms with van der Waals surface area (Å²) >= 11 is 0. The van der Waals surface area contributed by atoms with Gasteiger partial charge in [-0.3, -0.25) is 4.79 Å². The summed E-state index contributed by atoms with van der Waals surface area (Å²) < 4.78 is 49.7. The van der Waals surface area contributed by atoms with Gasteiger partial charge >= 0.3 is 6.18 Å². The summed E-state index contributed by atoms with van der Waals surface area (Å²) in [4.78, 5) is 17.8. The fourth-order valence-corrected chi connectivity index (χ4v) is 3.89. The Morgan fingerprint density at radius 1 is 0.941 bits per heavy atom. The molecule has 1 amide bonds. The zero-order valence-electron chi connectivity index (χ0n) is 17.9. The van der Waals surface area contributed by atoms with Gasteiger partial charge in [-0.15, -0.1) is 0 Å². The summed E-state index contributed by atoms with van der Waals surface area (Å²) in [6.07, 6.45) is -4.13. The van der Waals surface area contributed by atoms with Gasteiger partial charge in [-0.05, 0) is 48.4 Å². The molecule has 4 aromatic rings. The number of fused-ring (bicyclic) bond motifs is 2. The highest BCUT2D eigenvalue weighted by molar-refractivity contribution is 6.07. The van der Waals surface area contributed by atoms with Crippen LogP contribution in [-0.2, 0) is 12.6 Å². The van der Waals surface area contributed by atoms with Crippen molar-refractivity contribution in [2.75, 3.05) is 13.3 Å². The normalized spacial score (nSPS) is 12.7. The molecule has 0 unspecified atom stereocenters. The van der Waals surface area contributed by atoms with Gasteiger partial charge in [0.1, 0.15) is 0 Å². The van der Waals surface area contributed by atoms with Gasteiger partial charge in [0.25, 0.3) is 5.91 Å². The summed E-state index contributed by atoms with van der Waals surface area (Å²) in [5.41, 5.74) is 2.25. The van der Waals surface area contributed by atoms with Gasteiger partial charge in [-0.2, -0.15) is 13.2 Å². The van der Waals surface area contributed by atoms with E-state index in [9.17, 15) is 18.0 Å². The molecule has 0 saturated carbocycles. The highest BCUT2D eigenvalue weighted by Crippen LogP contribution is 2.36. The van der Waals surface area contributed by atoms with E-state index in [1.807, 2.05) is 36.4 Å². The molecule has 0 radical (unpaired) electrons. The quantitative estimate of drug-likeness (QED) is 0.416. The molecule has 3 aromatic carbocycles. The van der Waals surface area contributed by atoms with Crippen molar-refractivity contribution in [3.8, 4) is 22.8 Å². The molecule has 1 aliphatic heterocycles. The maximum Gasteiger partial charge on any atom is 0.416 e. The molecule has 1 N–H and O–H groups in total. The van der Waals surface area contributed by atoms with Crippen molar-refractivity contribution < 1.29 is 27.4 Å². The van der Waals surface area contributed by atoms with Crippen LogP contribution in [0.25, 0.3) is 22.2 Å². The zero-order valence-corrected chi connectivity index (χ0v) is 17.9. The Morgan fingerprint density at radius 2 is 1.76 bits per heavy atom. The number of nitrogens with zero attached hydrogens (tertiary/aromatic N) is 1. The molecule has 172 valence electrons. The summed E-state index contributed by atoms with van der Waals surface area (Å²) in [6.45, 7) is 0.347. The van der Waals surface area contributed by atoms with E-state index >= 15 is 0 Å². The monoisotopic (exact) mass is 464 g/mol. The Balaban J connectivity index is 1.39. The number of amides is 1. The molecule has 0 saturated heterocycles. The molecule has 5 nitrogen and oxygen atoms in total. The Labute approximate surface area is 193 Å². The number of aromatic nitrogens is 1. The number of nitrogens with one attached hydrogen (secondary N) is 1. The van der Waals surface area contributed by atoms with Crippen molar-refractivity contribution in [1.29, 1.82) is 0 Å². The number of ether oxygens (including phenoxy) is 2. The van der Waals surface area contributed by atoms with E-state index in [4.69, 9.17) is 14.5 Å². The van der Waals surface area contributed by atoms with Crippen LogP contribution in [0.4, 0.5) is 13.2 Å². The van der Waals surface area contributed by atoms with Crippen LogP contribution < -0.4 is 14.8 Å². The Morgan fingerprint density at radius 3 is 2.62 bits per heavy atom. The van der Waals surface area contributed by atoms with Crippen LogP contribution in [0, 0.1) is 0 Å². The van der Waals surface area contributed by atoms with E-state index in [0.29, 0.717) is 39.2 Å². The third kappa shape index (κ3) is 4.39. The van der Waals surface area contributed by atoms with Crippen LogP contribution in [0.2, 0.25) is 0 Å². The van der Waals surface area contributed by atoms with Crippen molar-refractivity contribution in [3.05, 3.63) is 89.5 Å². The first-order chi connectivity index (χ1) is 16.4. The number of hydrogen-bond acceptors (Lipinski definition) is 4. The average molecular weight is 464 g/mol. The van der Waals surface area contributed by atoms with Gasteiger partial charge in [0, 0.05) is 17.5 Å². The largest absolute Gasteiger partial charge is 0.454 e. The van der Waals surface area contributed by atoms with Crippen molar-refractivity contribution in [2.45, 2.75) is 12.6 Å². The van der Waals surface area contributed by atoms with E-state index in [1.165, 1.54) is 6.07 Å². The van der Waals surface area contributed by atoms with Gasteiger partial charge in [-0.1, -0.05) is 36.4 Å². The van der Waals surface area contributed by atoms with Gasteiger partial charge in [-0.25, -0.2) is 4.98 Å². The molecular weight excluding hydrogens is 445 g/mol. The number of alkyl halides is 3. The van der Waals surface area contributed by atoms with Gasteiger partial charge in [0.05, 0.1) is 22.3 Å². The first kappa shape index (κ1) is 21.8. The lowest BCUT2D eigenvalue weighted by molar-refractivity contribution is -0.137. The second-order valence-electron chi connectivity index (χ2n) is 7.84. The number of benzene rings is 3. The summed E-state index contributed by atoms with van der Waals surface area (Å²) in [6, 6.07) is 19.6. The minimum Gasteiger partial charge on any atom is -0.454 e. The predicted octanol–water partition coefficient (Wildman–Crippen LogP) is 5.62. The van der Waals surface area contributed by atoms with Crippen LogP contribution in [-0.4, -0.2) is 24.2 Å². The molecule has 1 aliphatic rings. The number of carbonyl (C=O) groups is 1. The van der Waals surface area contributed by atoms with Crippen molar-refractivity contribution in [1.82, 2.24) is 10.3 Å². The second kappa shape index (κ2) is 8.70. The number of hydrogen-bond donors (Lipinski definition) is 1. The lowest BCUT2D eigenvalue weighted by Crippen LogP contribution is -2.26. The molecule has 2 heterocycles. The zero-order chi connectivity index (χ0) is 23.7. The predicted molar refractivity (Wildman–Crippen MR) is 121 cm³/mol. The molecule has 0 spiro atoms. The Kier molecular flexibility index (Phi) is 5.57. The highest BCUT2D eigenvalue weighted by Gasteiger charge is 2.30. The second-order valence-corrected chi connectivity index (χ2v) is 7.84. The van der Waals surface area contributed by atoms with E-state index in [0.717, 1.165) is 17.7 Å². The minimum atomic E-state index is -4.40. The number of para-hydroxylation sites is 1. The van der Waals surface area contributed by atoms with E-state index < -0.39 is 11.7 Å². The molecule has 8 heteroatoms. The van der Waals surface area contributed by atoms with Gasteiger partial charge in [0.2, 0.25) is 6.79 Å². The molecule has 1 aromatic heterocycles. The lowest BCUT2D eigenvalue weighted by Gasteiger charge is -2.12. The van der Waals surface area contributed by atoms with Crippen LogP contribution in [0.15, 0.2) is 72.8 Å². The van der Waals surface area contributed by atoms with Crippen LogP contribution in [0.1, 0.15) is 21.5 Å². The van der Waals surface area contributed by atoms with Crippen LogP contribution in [0.3, 0.4) is 0 Å². The standard InChI is InChI=1S/C26H19F3N2O3/c27-26(28,29)18-5-3-4-16(12-18)10-11-30-25(32)20-14-22(31-21-7-2-1-6-19(20)21)17-8-9-23-24(13-17)34-15-33-23/h1-9,12-14H,10-11,15H2,(H,30,32). The maximum atomic E-state index is 13.1. The first-order valence-corrected chi connectivity index (χ1v) is 10.6. The fraction of sp³-hybridized carbons (Fsp3) is 0.154. The van der Waals surface area contributed by atoms with E-state index in [-0.39, 0.29) is 25.7 Å². The molecule has 34 heavy (non-hydrogen) atoms. The molecule has 0 atom stereocenters. The summed E-state index contributed by atoms with van der Waals surface area (Å²) in [5.74, 6) is 0.934. The number of rotatable bonds is 5. The van der Waals surface area contributed by atoms with Gasteiger partial charge in [0.15, 0.2) is 11.5 Å². The summed E-state index contributed by atoms with van der Waals surface area (Å²) in [7, 11) is 0. The van der Waals surface area contributed by atoms with Crippen molar-refractivity contribution in [2.24, 2.45) is 0 Å².